The van der Waals surface area contributed by atoms with Gasteiger partial charge in [-0.3, -0.25) is 9.21 Å². The first-order valence-corrected chi connectivity index (χ1v) is 16.3. The molecule has 1 unspecified atom stereocenters. The van der Waals surface area contributed by atoms with Gasteiger partial charge in [-0.1, -0.05) is 24.6 Å². The van der Waals surface area contributed by atoms with Crippen molar-refractivity contribution in [1.82, 2.24) is 14.9 Å². The molecule has 0 aliphatic carbocycles. The van der Waals surface area contributed by atoms with Gasteiger partial charge in [-0.2, -0.15) is 13.2 Å². The largest absolute Gasteiger partial charge is 0.490 e. The normalized spacial score (nSPS) is 16.4. The molecule has 1 saturated heterocycles. The van der Waals surface area contributed by atoms with E-state index in [0.29, 0.717) is 9.90 Å². The van der Waals surface area contributed by atoms with E-state index in [1.807, 2.05) is 44.3 Å². The molecule has 1 aliphatic rings. The molecule has 0 saturated carbocycles. The fourth-order valence-corrected chi connectivity index (χ4v) is 8.47. The monoisotopic (exact) mass is 644 g/mol. The highest BCUT2D eigenvalue weighted by Crippen LogP contribution is 2.37. The molecule has 0 radical (unpaired) electrons. The number of nitrogens with zero attached hydrogens (tertiary/aromatic N) is 3. The summed E-state index contributed by atoms with van der Waals surface area (Å²) in [5.74, 6) is -2.76. The van der Waals surface area contributed by atoms with E-state index in [0.717, 1.165) is 52.4 Å². The SMILES string of the molecule is CC(C)N(c1cccc2cc(-c3ncc(CN4CCCCC4CO)s3)[nH]c12)S(=O)(=O)c1cccs1.O=C(O)C(F)(F)F. The highest BCUT2D eigenvalue weighted by Gasteiger charge is 2.38. The van der Waals surface area contributed by atoms with Gasteiger partial charge in [0.05, 0.1) is 23.5 Å². The summed E-state index contributed by atoms with van der Waals surface area (Å²) in [5.41, 5.74) is 2.29. The third-order valence-corrected chi connectivity index (χ3v) is 11.1. The van der Waals surface area contributed by atoms with Crippen LogP contribution in [0, 0.1) is 0 Å². The van der Waals surface area contributed by atoms with Gasteiger partial charge in [-0.25, -0.2) is 18.2 Å². The number of halogens is 3. The lowest BCUT2D eigenvalue weighted by molar-refractivity contribution is -0.192. The number of carbonyl (C=O) groups is 1. The number of aromatic nitrogens is 2. The standard InChI is InChI=1S/C25H30N4O3S3.C2HF3O2/c1-17(2)29(35(31,32)23-10-6-12-33-23)22-9-5-7-18-13-21(27-24(18)22)25-26-14-20(34-25)15-28-11-4-3-8-19(28)16-30;3-2(4,5)1(6)7/h5-7,9-10,12-14,17,19,27,30H,3-4,8,11,15-16H2,1-2H3;(H,6,7). The highest BCUT2D eigenvalue weighted by atomic mass is 32.2. The number of nitrogens with one attached hydrogen (secondary N) is 1. The van der Waals surface area contributed by atoms with Crippen LogP contribution >= 0.6 is 22.7 Å². The number of carboxylic acids is 1. The van der Waals surface area contributed by atoms with Crippen LogP contribution in [0.1, 0.15) is 38.0 Å². The summed E-state index contributed by atoms with van der Waals surface area (Å²) in [7, 11) is -3.68. The number of benzene rings is 1. The van der Waals surface area contributed by atoms with Crippen LogP contribution in [0.15, 0.2) is 52.2 Å². The molecule has 228 valence electrons. The third kappa shape index (κ3) is 7.14. The second-order valence-corrected chi connectivity index (χ2v) is 14.1. The van der Waals surface area contributed by atoms with Gasteiger partial charge < -0.3 is 15.2 Å². The zero-order chi connectivity index (χ0) is 30.7. The summed E-state index contributed by atoms with van der Waals surface area (Å²) in [6.45, 7) is 5.76. The van der Waals surface area contributed by atoms with E-state index < -0.39 is 22.2 Å². The molecule has 5 rings (SSSR count). The number of aliphatic hydroxyl groups is 1. The first-order valence-electron chi connectivity index (χ1n) is 13.1. The maximum Gasteiger partial charge on any atom is 0.490 e. The average molecular weight is 645 g/mol. The van der Waals surface area contributed by atoms with Crippen LogP contribution in [0.4, 0.5) is 18.9 Å². The lowest BCUT2D eigenvalue weighted by Gasteiger charge is -2.34. The number of carboxylic acid groups (broad SMARTS) is 1. The van der Waals surface area contributed by atoms with E-state index in [1.165, 1.54) is 22.1 Å². The summed E-state index contributed by atoms with van der Waals surface area (Å²) in [6.07, 6.45) is 0.196. The highest BCUT2D eigenvalue weighted by molar-refractivity contribution is 7.94. The summed E-state index contributed by atoms with van der Waals surface area (Å²) in [5, 5.41) is 20.4. The first kappa shape index (κ1) is 31.9. The van der Waals surface area contributed by atoms with Gasteiger partial charge in [0.25, 0.3) is 10.0 Å². The van der Waals surface area contributed by atoms with Crippen molar-refractivity contribution in [2.24, 2.45) is 0 Å². The van der Waals surface area contributed by atoms with E-state index in [1.54, 1.807) is 28.8 Å². The number of sulfonamides is 1. The van der Waals surface area contributed by atoms with E-state index in [4.69, 9.17) is 9.90 Å². The Bertz CT molecular complexity index is 1600. The minimum atomic E-state index is -5.08. The molecule has 42 heavy (non-hydrogen) atoms. The number of rotatable bonds is 8. The number of alkyl halides is 3. The molecule has 1 aliphatic heterocycles. The van der Waals surface area contributed by atoms with E-state index >= 15 is 0 Å². The minimum absolute atomic E-state index is 0.192. The van der Waals surface area contributed by atoms with Gasteiger partial charge in [0.2, 0.25) is 0 Å². The molecule has 0 spiro atoms. The van der Waals surface area contributed by atoms with Crippen molar-refractivity contribution in [3.63, 3.8) is 0 Å². The first-order chi connectivity index (χ1) is 19.8. The maximum absolute atomic E-state index is 13.5. The molecule has 1 atom stereocenters. The van der Waals surface area contributed by atoms with Crippen LogP contribution in [-0.2, 0) is 21.4 Å². The number of para-hydroxylation sites is 1. The zero-order valence-corrected chi connectivity index (χ0v) is 25.3. The van der Waals surface area contributed by atoms with Crippen molar-refractivity contribution in [2.45, 2.75) is 62.1 Å². The molecule has 0 bridgehead atoms. The number of fused-ring (bicyclic) bond motifs is 1. The van der Waals surface area contributed by atoms with Crippen molar-refractivity contribution < 1.29 is 36.6 Å². The number of thiazole rings is 1. The maximum atomic E-state index is 13.5. The Balaban J connectivity index is 0.000000517. The van der Waals surface area contributed by atoms with Crippen molar-refractivity contribution >= 4 is 55.3 Å². The summed E-state index contributed by atoms with van der Waals surface area (Å²) in [4.78, 5) is 20.5. The fraction of sp³-hybridized carbons (Fsp3) is 0.407. The predicted molar refractivity (Wildman–Crippen MR) is 157 cm³/mol. The lowest BCUT2D eigenvalue weighted by Crippen LogP contribution is -2.40. The van der Waals surface area contributed by atoms with Crippen LogP contribution in [0.5, 0.6) is 0 Å². The predicted octanol–water partition coefficient (Wildman–Crippen LogP) is 5.94. The van der Waals surface area contributed by atoms with Crippen LogP contribution < -0.4 is 4.31 Å². The number of aromatic amines is 1. The Morgan fingerprint density at radius 2 is 1.98 bits per heavy atom. The Morgan fingerprint density at radius 1 is 1.24 bits per heavy atom. The van der Waals surface area contributed by atoms with E-state index in [-0.39, 0.29) is 18.7 Å². The molecule has 1 fully saturated rings. The number of likely N-dealkylation sites (tertiary alicyclic amines) is 1. The van der Waals surface area contributed by atoms with Crippen LogP contribution in [0.2, 0.25) is 0 Å². The Morgan fingerprint density at radius 3 is 2.60 bits per heavy atom. The molecular formula is C27H31F3N4O5S3. The van der Waals surface area contributed by atoms with Crippen molar-refractivity contribution in [3.8, 4) is 10.7 Å². The Hall–Kier alpha value is -2.98. The second kappa shape index (κ2) is 13.1. The number of piperidine rings is 1. The number of H-pyrrole nitrogens is 1. The lowest BCUT2D eigenvalue weighted by atomic mass is 10.0. The number of hydrogen-bond donors (Lipinski definition) is 3. The second-order valence-electron chi connectivity index (χ2n) is 9.99. The van der Waals surface area contributed by atoms with Gasteiger partial charge in [0.1, 0.15) is 9.22 Å². The van der Waals surface area contributed by atoms with Gasteiger partial charge in [0.15, 0.2) is 0 Å². The number of hydrogen-bond acceptors (Lipinski definition) is 8. The Kier molecular flexibility index (Phi) is 9.98. The Labute approximate surface area is 249 Å². The minimum Gasteiger partial charge on any atom is -0.475 e. The van der Waals surface area contributed by atoms with E-state index in [2.05, 4.69) is 14.9 Å². The third-order valence-electron chi connectivity index (χ3n) is 6.69. The van der Waals surface area contributed by atoms with Gasteiger partial charge in [0, 0.05) is 35.1 Å². The smallest absolute Gasteiger partial charge is 0.475 e. The van der Waals surface area contributed by atoms with Gasteiger partial charge in [-0.15, -0.1) is 22.7 Å². The zero-order valence-electron chi connectivity index (χ0n) is 22.8. The summed E-state index contributed by atoms with van der Waals surface area (Å²) < 4.78 is 60.5. The van der Waals surface area contributed by atoms with Gasteiger partial charge in [-0.05, 0) is 56.8 Å². The van der Waals surface area contributed by atoms with Crippen LogP contribution in [0.25, 0.3) is 21.6 Å². The quantitative estimate of drug-likeness (QED) is 0.217. The molecule has 0 amide bonds. The summed E-state index contributed by atoms with van der Waals surface area (Å²) >= 11 is 2.86. The number of aliphatic hydroxyl groups excluding tert-OH is 1. The number of aliphatic carboxylic acids is 1. The molecule has 4 aromatic rings. The van der Waals surface area contributed by atoms with Crippen LogP contribution in [0.3, 0.4) is 0 Å². The molecule has 15 heteroatoms. The summed E-state index contributed by atoms with van der Waals surface area (Å²) in [6, 6.07) is 11.2. The number of anilines is 1. The molecule has 1 aromatic carbocycles. The molecular weight excluding hydrogens is 614 g/mol. The number of thiophene rings is 1. The van der Waals surface area contributed by atoms with Crippen molar-refractivity contribution in [1.29, 1.82) is 0 Å². The average Bonchev–Trinajstić information content (AvgIpc) is 3.70. The molecule has 3 N–H and O–H groups in total. The molecule has 3 aromatic heterocycles. The topological polar surface area (TPSA) is 127 Å². The molecule has 9 nitrogen and oxygen atoms in total. The van der Waals surface area contributed by atoms with Crippen LogP contribution in [-0.4, -0.2) is 70.9 Å². The molecule has 4 heterocycles. The van der Waals surface area contributed by atoms with Gasteiger partial charge >= 0.3 is 12.1 Å². The fourth-order valence-electron chi connectivity index (χ4n) is 4.81. The van der Waals surface area contributed by atoms with E-state index in [9.17, 15) is 26.7 Å². The van der Waals surface area contributed by atoms with Crippen molar-refractivity contribution in [2.75, 3.05) is 17.5 Å². The van der Waals surface area contributed by atoms with Crippen molar-refractivity contribution in [3.05, 3.63) is 52.9 Å².